The summed E-state index contributed by atoms with van der Waals surface area (Å²) >= 11 is 0. The highest BCUT2D eigenvalue weighted by Crippen LogP contribution is 2.28. The van der Waals surface area contributed by atoms with Crippen molar-refractivity contribution in [3.8, 4) is 0 Å². The van der Waals surface area contributed by atoms with E-state index in [0.29, 0.717) is 5.92 Å². The summed E-state index contributed by atoms with van der Waals surface area (Å²) < 4.78 is 3.78. The average molecular weight is 259 g/mol. The van der Waals surface area contributed by atoms with E-state index in [-0.39, 0.29) is 11.7 Å². The molecule has 2 heterocycles. The quantitative estimate of drug-likeness (QED) is 0.896. The van der Waals surface area contributed by atoms with Crippen LogP contribution in [0.15, 0.2) is 23.0 Å². The van der Waals surface area contributed by atoms with Gasteiger partial charge in [-0.1, -0.05) is 26.0 Å². The highest BCUT2D eigenvalue weighted by atomic mass is 16.1. The molecule has 1 aromatic heterocycles. The number of para-hydroxylation sites is 1. The molecule has 1 aliphatic rings. The summed E-state index contributed by atoms with van der Waals surface area (Å²) in [6.07, 6.45) is 1.03. The molecule has 2 aromatic rings. The van der Waals surface area contributed by atoms with Crippen LogP contribution >= 0.6 is 0 Å². The summed E-state index contributed by atoms with van der Waals surface area (Å²) in [6.45, 7) is 6.26. The number of nitrogens with zero attached hydrogens (tertiary/aromatic N) is 2. The fourth-order valence-corrected chi connectivity index (χ4v) is 3.11. The Morgan fingerprint density at radius 1 is 1.37 bits per heavy atom. The van der Waals surface area contributed by atoms with Gasteiger partial charge in [0.15, 0.2) is 0 Å². The van der Waals surface area contributed by atoms with Gasteiger partial charge in [0.25, 0.3) is 0 Å². The molecule has 0 amide bonds. The summed E-state index contributed by atoms with van der Waals surface area (Å²) in [6, 6.07) is 6.53. The van der Waals surface area contributed by atoms with Gasteiger partial charge in [0.2, 0.25) is 0 Å². The SMILES string of the molecule is CC(C)c1cccc2c1n(C1CCNC1)c(=O)n2C. The van der Waals surface area contributed by atoms with Crippen LogP contribution in [0, 0.1) is 0 Å². The maximum Gasteiger partial charge on any atom is 0.329 e. The van der Waals surface area contributed by atoms with Crippen molar-refractivity contribution in [3.63, 3.8) is 0 Å². The van der Waals surface area contributed by atoms with Crippen molar-refractivity contribution >= 4 is 11.0 Å². The van der Waals surface area contributed by atoms with Gasteiger partial charge in [-0.25, -0.2) is 4.79 Å². The number of nitrogens with one attached hydrogen (secondary N) is 1. The van der Waals surface area contributed by atoms with Crippen molar-refractivity contribution in [2.24, 2.45) is 7.05 Å². The van der Waals surface area contributed by atoms with Crippen LogP contribution in [0.4, 0.5) is 0 Å². The fourth-order valence-electron chi connectivity index (χ4n) is 3.11. The molecule has 3 rings (SSSR count). The zero-order chi connectivity index (χ0) is 13.6. The predicted molar refractivity (Wildman–Crippen MR) is 77.8 cm³/mol. The third-order valence-electron chi connectivity index (χ3n) is 4.16. The average Bonchev–Trinajstić information content (AvgIpc) is 2.98. The second-order valence-corrected chi connectivity index (χ2v) is 5.73. The first kappa shape index (κ1) is 12.5. The number of benzene rings is 1. The van der Waals surface area contributed by atoms with Crippen LogP contribution in [0.5, 0.6) is 0 Å². The number of imidazole rings is 1. The molecule has 1 aliphatic heterocycles. The van der Waals surface area contributed by atoms with Crippen molar-refractivity contribution < 1.29 is 0 Å². The van der Waals surface area contributed by atoms with Crippen LogP contribution in [-0.4, -0.2) is 22.2 Å². The molecule has 4 heteroatoms. The summed E-state index contributed by atoms with van der Waals surface area (Å²) in [5.74, 6) is 0.422. The monoisotopic (exact) mass is 259 g/mol. The van der Waals surface area contributed by atoms with Gasteiger partial charge < -0.3 is 5.32 Å². The molecule has 0 spiro atoms. The van der Waals surface area contributed by atoms with E-state index in [0.717, 1.165) is 30.5 Å². The molecule has 4 nitrogen and oxygen atoms in total. The lowest BCUT2D eigenvalue weighted by Gasteiger charge is -2.15. The van der Waals surface area contributed by atoms with Crippen molar-refractivity contribution in [3.05, 3.63) is 34.2 Å². The standard InChI is InChI=1S/C15H21N3O/c1-10(2)12-5-4-6-13-14(12)18(15(19)17(13)3)11-7-8-16-9-11/h4-6,10-11,16H,7-9H2,1-3H3. The zero-order valence-electron chi connectivity index (χ0n) is 11.8. The topological polar surface area (TPSA) is 39.0 Å². The number of fused-ring (bicyclic) bond motifs is 1. The highest BCUT2D eigenvalue weighted by Gasteiger charge is 2.24. The lowest BCUT2D eigenvalue weighted by atomic mass is 10.0. The van der Waals surface area contributed by atoms with E-state index in [1.165, 1.54) is 5.56 Å². The first-order valence-electron chi connectivity index (χ1n) is 7.01. The number of rotatable bonds is 2. The molecular weight excluding hydrogens is 238 g/mol. The summed E-state index contributed by atoms with van der Waals surface area (Å²) in [4.78, 5) is 12.5. The molecule has 1 atom stereocenters. The lowest BCUT2D eigenvalue weighted by Crippen LogP contribution is -2.27. The third-order valence-corrected chi connectivity index (χ3v) is 4.16. The molecule has 1 N–H and O–H groups in total. The minimum Gasteiger partial charge on any atom is -0.315 e. The molecule has 0 saturated carbocycles. The molecule has 19 heavy (non-hydrogen) atoms. The summed E-state index contributed by atoms with van der Waals surface area (Å²) in [5.41, 5.74) is 3.54. The van der Waals surface area contributed by atoms with Gasteiger partial charge in [-0.15, -0.1) is 0 Å². The van der Waals surface area contributed by atoms with Crippen molar-refractivity contribution in [1.29, 1.82) is 0 Å². The van der Waals surface area contributed by atoms with Crippen LogP contribution in [0.3, 0.4) is 0 Å². The Labute approximate surface area is 113 Å². The van der Waals surface area contributed by atoms with Gasteiger partial charge in [-0.3, -0.25) is 9.13 Å². The van der Waals surface area contributed by atoms with Crippen LogP contribution in [0.2, 0.25) is 0 Å². The molecular formula is C15H21N3O. The number of hydrogen-bond acceptors (Lipinski definition) is 2. The second kappa shape index (κ2) is 4.53. The van der Waals surface area contributed by atoms with Gasteiger partial charge in [0.05, 0.1) is 17.1 Å². The number of aromatic nitrogens is 2. The molecule has 1 saturated heterocycles. The largest absolute Gasteiger partial charge is 0.329 e. The van der Waals surface area contributed by atoms with E-state index in [2.05, 4.69) is 25.2 Å². The van der Waals surface area contributed by atoms with Crippen molar-refractivity contribution in [2.45, 2.75) is 32.2 Å². The molecule has 0 aliphatic carbocycles. The smallest absolute Gasteiger partial charge is 0.315 e. The van der Waals surface area contributed by atoms with Crippen LogP contribution in [0.25, 0.3) is 11.0 Å². The minimum atomic E-state index is 0.108. The molecule has 0 bridgehead atoms. The Morgan fingerprint density at radius 3 is 2.79 bits per heavy atom. The molecule has 0 radical (unpaired) electrons. The lowest BCUT2D eigenvalue weighted by molar-refractivity contribution is 0.534. The van der Waals surface area contributed by atoms with E-state index in [9.17, 15) is 4.79 Å². The summed E-state index contributed by atoms with van der Waals surface area (Å²) in [7, 11) is 1.87. The second-order valence-electron chi connectivity index (χ2n) is 5.73. The minimum absolute atomic E-state index is 0.108. The Morgan fingerprint density at radius 2 is 2.16 bits per heavy atom. The van der Waals surface area contributed by atoms with Crippen molar-refractivity contribution in [1.82, 2.24) is 14.5 Å². The maximum absolute atomic E-state index is 12.5. The number of hydrogen-bond donors (Lipinski definition) is 1. The fraction of sp³-hybridized carbons (Fsp3) is 0.533. The summed E-state index contributed by atoms with van der Waals surface area (Å²) in [5, 5.41) is 3.35. The third kappa shape index (κ3) is 1.82. The Hall–Kier alpha value is -1.55. The van der Waals surface area contributed by atoms with E-state index in [1.807, 2.05) is 23.7 Å². The Balaban J connectivity index is 2.35. The Kier molecular flexibility index (Phi) is 2.97. The van der Waals surface area contributed by atoms with Gasteiger partial charge >= 0.3 is 5.69 Å². The van der Waals surface area contributed by atoms with Gasteiger partial charge in [0.1, 0.15) is 0 Å². The molecule has 1 aromatic carbocycles. The first-order chi connectivity index (χ1) is 9.11. The molecule has 1 fully saturated rings. The predicted octanol–water partition coefficient (Wildman–Crippen LogP) is 2.00. The normalized spacial score (nSPS) is 19.7. The maximum atomic E-state index is 12.5. The van der Waals surface area contributed by atoms with E-state index >= 15 is 0 Å². The number of aryl methyl sites for hydroxylation is 1. The Bertz CT molecular complexity index is 660. The van der Waals surface area contributed by atoms with Gasteiger partial charge in [0, 0.05) is 13.6 Å². The highest BCUT2D eigenvalue weighted by molar-refractivity contribution is 5.80. The van der Waals surface area contributed by atoms with Crippen LogP contribution in [-0.2, 0) is 7.05 Å². The van der Waals surface area contributed by atoms with Gasteiger partial charge in [-0.05, 0) is 30.5 Å². The van der Waals surface area contributed by atoms with Crippen LogP contribution < -0.4 is 11.0 Å². The molecule has 102 valence electrons. The van der Waals surface area contributed by atoms with E-state index in [1.54, 1.807) is 4.57 Å². The zero-order valence-corrected chi connectivity index (χ0v) is 11.8. The van der Waals surface area contributed by atoms with E-state index in [4.69, 9.17) is 0 Å². The van der Waals surface area contributed by atoms with E-state index < -0.39 is 0 Å². The van der Waals surface area contributed by atoms with Crippen LogP contribution in [0.1, 0.15) is 37.8 Å². The first-order valence-corrected chi connectivity index (χ1v) is 7.01. The molecule has 1 unspecified atom stereocenters. The van der Waals surface area contributed by atoms with Crippen molar-refractivity contribution in [2.75, 3.05) is 13.1 Å². The van der Waals surface area contributed by atoms with Gasteiger partial charge in [-0.2, -0.15) is 0 Å².